The summed E-state index contributed by atoms with van der Waals surface area (Å²) in [5.41, 5.74) is 0.377. The highest BCUT2D eigenvalue weighted by Crippen LogP contribution is 2.16. The number of para-hydroxylation sites is 1. The second-order valence-corrected chi connectivity index (χ2v) is 7.45. The molecule has 0 aliphatic heterocycles. The Bertz CT molecular complexity index is 1460. The van der Waals surface area contributed by atoms with Crippen molar-refractivity contribution in [1.29, 1.82) is 0 Å². The molecule has 0 bridgehead atoms. The topological polar surface area (TPSA) is 125 Å². The molecule has 4 rings (SSSR count). The second-order valence-electron chi connectivity index (χ2n) is 7.45. The molecule has 174 valence electrons. The molecule has 0 unspecified atom stereocenters. The minimum absolute atomic E-state index is 0.0835. The molecule has 0 saturated carbocycles. The molecule has 0 aliphatic carbocycles. The summed E-state index contributed by atoms with van der Waals surface area (Å²) in [5.74, 6) is -0.688. The van der Waals surface area contributed by atoms with Crippen molar-refractivity contribution in [2.45, 2.75) is 26.2 Å². The van der Waals surface area contributed by atoms with Crippen molar-refractivity contribution < 1.29 is 13.7 Å². The summed E-state index contributed by atoms with van der Waals surface area (Å²) in [6, 6.07) is 12.6. The Kier molecular flexibility index (Phi) is 6.44. The number of hydrogen-bond donors (Lipinski definition) is 1. The first-order chi connectivity index (χ1) is 16.4. The van der Waals surface area contributed by atoms with E-state index in [1.54, 1.807) is 0 Å². The van der Waals surface area contributed by atoms with Gasteiger partial charge in [0.1, 0.15) is 5.82 Å². The lowest BCUT2D eigenvalue weighted by atomic mass is 10.1. The Labute approximate surface area is 192 Å². The molecule has 34 heavy (non-hydrogen) atoms. The average Bonchev–Trinajstić information content (AvgIpc) is 3.31. The van der Waals surface area contributed by atoms with E-state index in [1.807, 2.05) is 31.2 Å². The molecule has 0 aliphatic rings. The highest BCUT2D eigenvalue weighted by Gasteiger charge is 2.19. The summed E-state index contributed by atoms with van der Waals surface area (Å²) < 4.78 is 20.2. The molecule has 2 aromatic carbocycles. The number of halogens is 1. The number of nitrogens with zero attached hydrogens (tertiary/aromatic N) is 5. The lowest BCUT2D eigenvalue weighted by molar-refractivity contribution is -0.116. The van der Waals surface area contributed by atoms with E-state index < -0.39 is 17.1 Å². The quantitative estimate of drug-likeness (QED) is 0.445. The summed E-state index contributed by atoms with van der Waals surface area (Å²) in [4.78, 5) is 41.6. The molecule has 2 aromatic heterocycles. The molecule has 11 heteroatoms. The SMILES string of the molecule is CCc1ccccc1NC(=O)CCc1nc(-c2nn(-c3ccc(F)cc3)c(=O)n(C)c2=O)no1. The van der Waals surface area contributed by atoms with E-state index in [-0.39, 0.29) is 41.8 Å². The first-order valence-corrected chi connectivity index (χ1v) is 10.5. The smallest absolute Gasteiger partial charge is 0.339 e. The Balaban J connectivity index is 1.54. The summed E-state index contributed by atoms with van der Waals surface area (Å²) in [5, 5.41) is 10.7. The predicted molar refractivity (Wildman–Crippen MR) is 121 cm³/mol. The number of hydrogen-bond acceptors (Lipinski definition) is 7. The number of aryl methyl sites for hydroxylation is 2. The molecule has 4 aromatic rings. The van der Waals surface area contributed by atoms with Crippen LogP contribution in [-0.4, -0.2) is 30.4 Å². The maximum atomic E-state index is 13.3. The standard InChI is InChI=1S/C23H21FN6O4/c1-3-14-6-4-5-7-17(14)25-18(31)12-13-19-26-21(28-34-19)20-22(32)29(2)23(33)30(27-20)16-10-8-15(24)9-11-16/h4-11H,3,12-13H2,1-2H3,(H,25,31). The molecule has 0 fully saturated rings. The van der Waals surface area contributed by atoms with Crippen LogP contribution in [0.15, 0.2) is 62.6 Å². The van der Waals surface area contributed by atoms with E-state index in [0.29, 0.717) is 0 Å². The first kappa shape index (κ1) is 22.8. The van der Waals surface area contributed by atoms with Crippen molar-refractivity contribution in [3.05, 3.63) is 86.6 Å². The molecule has 10 nitrogen and oxygen atoms in total. The molecule has 1 N–H and O–H groups in total. The number of benzene rings is 2. The van der Waals surface area contributed by atoms with E-state index in [0.717, 1.165) is 26.9 Å². The lowest BCUT2D eigenvalue weighted by Crippen LogP contribution is -2.40. The Morgan fingerprint density at radius 3 is 2.59 bits per heavy atom. The highest BCUT2D eigenvalue weighted by molar-refractivity contribution is 5.91. The van der Waals surface area contributed by atoms with Crippen molar-refractivity contribution in [3.63, 3.8) is 0 Å². The molecule has 0 spiro atoms. The van der Waals surface area contributed by atoms with E-state index in [4.69, 9.17) is 4.52 Å². The van der Waals surface area contributed by atoms with E-state index in [2.05, 4.69) is 20.6 Å². The largest absolute Gasteiger partial charge is 0.351 e. The average molecular weight is 464 g/mol. The van der Waals surface area contributed by atoms with Crippen molar-refractivity contribution in [2.75, 3.05) is 5.32 Å². The third-order valence-corrected chi connectivity index (χ3v) is 5.16. The van der Waals surface area contributed by atoms with Gasteiger partial charge in [-0.3, -0.25) is 14.2 Å². The molecule has 2 heterocycles. The molecular formula is C23H21FN6O4. The Hall–Kier alpha value is -4.41. The Morgan fingerprint density at radius 2 is 1.85 bits per heavy atom. The van der Waals surface area contributed by atoms with Gasteiger partial charge in [-0.05, 0) is 42.3 Å². The number of anilines is 1. The van der Waals surface area contributed by atoms with Gasteiger partial charge < -0.3 is 9.84 Å². The van der Waals surface area contributed by atoms with Crippen LogP contribution in [0.25, 0.3) is 17.2 Å². The molecule has 1 amide bonds. The number of nitrogens with one attached hydrogen (secondary N) is 1. The summed E-state index contributed by atoms with van der Waals surface area (Å²) in [6.07, 6.45) is 1.01. The fourth-order valence-electron chi connectivity index (χ4n) is 3.30. The van der Waals surface area contributed by atoms with Gasteiger partial charge in [0.25, 0.3) is 5.56 Å². The molecule has 0 radical (unpaired) electrons. The van der Waals surface area contributed by atoms with Crippen LogP contribution in [-0.2, 0) is 24.7 Å². The van der Waals surface area contributed by atoms with Crippen LogP contribution in [0.3, 0.4) is 0 Å². The van der Waals surface area contributed by atoms with Crippen LogP contribution < -0.4 is 16.6 Å². The molecule has 0 saturated heterocycles. The van der Waals surface area contributed by atoms with Gasteiger partial charge >= 0.3 is 5.69 Å². The van der Waals surface area contributed by atoms with Gasteiger partial charge in [-0.2, -0.15) is 14.8 Å². The predicted octanol–water partition coefficient (Wildman–Crippen LogP) is 2.25. The fraction of sp³-hybridized carbons (Fsp3) is 0.217. The van der Waals surface area contributed by atoms with E-state index in [9.17, 15) is 18.8 Å². The zero-order chi connectivity index (χ0) is 24.2. The number of amides is 1. The van der Waals surface area contributed by atoms with Crippen molar-refractivity contribution in [2.24, 2.45) is 7.05 Å². The molecule has 0 atom stereocenters. The maximum absolute atomic E-state index is 13.3. The normalized spacial score (nSPS) is 10.9. The minimum Gasteiger partial charge on any atom is -0.339 e. The van der Waals surface area contributed by atoms with Gasteiger partial charge in [0.15, 0.2) is 5.69 Å². The number of carbonyl (C=O) groups excluding carboxylic acids is 1. The van der Waals surface area contributed by atoms with Crippen molar-refractivity contribution in [3.8, 4) is 17.2 Å². The van der Waals surface area contributed by atoms with Gasteiger partial charge in [-0.1, -0.05) is 30.3 Å². The van der Waals surface area contributed by atoms with Crippen LogP contribution in [0, 0.1) is 5.82 Å². The van der Waals surface area contributed by atoms with Gasteiger partial charge in [0.2, 0.25) is 17.6 Å². The third-order valence-electron chi connectivity index (χ3n) is 5.16. The van der Waals surface area contributed by atoms with E-state index >= 15 is 0 Å². The van der Waals surface area contributed by atoms with Crippen LogP contribution in [0.2, 0.25) is 0 Å². The fourth-order valence-corrected chi connectivity index (χ4v) is 3.30. The van der Waals surface area contributed by atoms with Gasteiger partial charge in [0.05, 0.1) is 5.69 Å². The second kappa shape index (κ2) is 9.61. The third kappa shape index (κ3) is 4.68. The summed E-state index contributed by atoms with van der Waals surface area (Å²) in [7, 11) is 1.29. The molecular weight excluding hydrogens is 443 g/mol. The van der Waals surface area contributed by atoms with Crippen molar-refractivity contribution >= 4 is 11.6 Å². The zero-order valence-corrected chi connectivity index (χ0v) is 18.5. The minimum atomic E-state index is -0.718. The van der Waals surface area contributed by atoms with Crippen LogP contribution in [0.5, 0.6) is 0 Å². The van der Waals surface area contributed by atoms with Crippen molar-refractivity contribution in [1.82, 2.24) is 24.5 Å². The summed E-state index contributed by atoms with van der Waals surface area (Å²) in [6.45, 7) is 2.00. The van der Waals surface area contributed by atoms with Gasteiger partial charge in [0, 0.05) is 25.6 Å². The number of carbonyl (C=O) groups is 1. The Morgan fingerprint density at radius 1 is 1.12 bits per heavy atom. The first-order valence-electron chi connectivity index (χ1n) is 10.5. The monoisotopic (exact) mass is 464 g/mol. The van der Waals surface area contributed by atoms with Crippen LogP contribution in [0.1, 0.15) is 24.8 Å². The van der Waals surface area contributed by atoms with Crippen LogP contribution in [0.4, 0.5) is 10.1 Å². The maximum Gasteiger partial charge on any atom is 0.351 e. The van der Waals surface area contributed by atoms with Crippen LogP contribution >= 0.6 is 0 Å². The number of aromatic nitrogens is 5. The zero-order valence-electron chi connectivity index (χ0n) is 18.5. The van der Waals surface area contributed by atoms with Gasteiger partial charge in [-0.25, -0.2) is 9.18 Å². The lowest BCUT2D eigenvalue weighted by Gasteiger charge is -2.08. The summed E-state index contributed by atoms with van der Waals surface area (Å²) >= 11 is 0. The van der Waals surface area contributed by atoms with E-state index in [1.165, 1.54) is 31.3 Å². The van der Waals surface area contributed by atoms with Gasteiger partial charge in [-0.15, -0.1) is 0 Å². The highest BCUT2D eigenvalue weighted by atomic mass is 19.1. The number of rotatable bonds is 7.